The van der Waals surface area contributed by atoms with Crippen LogP contribution in [-0.4, -0.2) is 11.0 Å². The van der Waals surface area contributed by atoms with Gasteiger partial charge in [0.2, 0.25) is 6.04 Å². The predicted octanol–water partition coefficient (Wildman–Crippen LogP) is 5.62. The first-order valence-corrected chi connectivity index (χ1v) is 10.2. The summed E-state index contributed by atoms with van der Waals surface area (Å²) in [6, 6.07) is -0.378. The van der Waals surface area contributed by atoms with Gasteiger partial charge in [-0.3, -0.25) is 10.1 Å². The molecule has 3 heteroatoms. The van der Waals surface area contributed by atoms with E-state index >= 15 is 0 Å². The second-order valence-electron chi connectivity index (χ2n) is 9.72. The first-order valence-electron chi connectivity index (χ1n) is 10.2. The molecule has 0 saturated heterocycles. The van der Waals surface area contributed by atoms with Crippen LogP contribution in [0.15, 0.2) is 11.6 Å². The fraction of sp³-hybridized carbons (Fsp3) is 0.905. The summed E-state index contributed by atoms with van der Waals surface area (Å²) in [5.41, 5.74) is 2.39. The summed E-state index contributed by atoms with van der Waals surface area (Å²) in [6.45, 7) is 6.79. The van der Waals surface area contributed by atoms with Gasteiger partial charge in [-0.15, -0.1) is 0 Å². The second kappa shape index (κ2) is 5.57. The zero-order chi connectivity index (χ0) is 17.1. The van der Waals surface area contributed by atoms with Crippen molar-refractivity contribution in [1.82, 2.24) is 0 Å². The number of nitro groups is 1. The molecule has 4 aliphatic carbocycles. The average Bonchev–Trinajstić information content (AvgIpc) is 2.90. The molecule has 7 atom stereocenters. The summed E-state index contributed by atoms with van der Waals surface area (Å²) < 4.78 is 0. The quantitative estimate of drug-likeness (QED) is 0.374. The fourth-order valence-electron chi connectivity index (χ4n) is 7.68. The van der Waals surface area contributed by atoms with Gasteiger partial charge < -0.3 is 0 Å². The molecule has 0 aromatic carbocycles. The van der Waals surface area contributed by atoms with Gasteiger partial charge in [0.25, 0.3) is 0 Å². The lowest BCUT2D eigenvalue weighted by atomic mass is 9.47. The van der Waals surface area contributed by atoms with Crippen molar-refractivity contribution in [1.29, 1.82) is 0 Å². The van der Waals surface area contributed by atoms with Crippen molar-refractivity contribution in [3.63, 3.8) is 0 Å². The zero-order valence-electron chi connectivity index (χ0n) is 15.6. The minimum atomic E-state index is -0.378. The van der Waals surface area contributed by atoms with E-state index in [2.05, 4.69) is 19.9 Å². The molecule has 24 heavy (non-hydrogen) atoms. The maximum atomic E-state index is 11.4. The highest BCUT2D eigenvalue weighted by atomic mass is 16.6. The van der Waals surface area contributed by atoms with E-state index < -0.39 is 0 Å². The minimum Gasteiger partial charge on any atom is -0.264 e. The number of hydrogen-bond donors (Lipinski definition) is 0. The Hall–Kier alpha value is -0.860. The van der Waals surface area contributed by atoms with Gasteiger partial charge in [-0.25, -0.2) is 0 Å². The Balaban J connectivity index is 1.64. The third-order valence-corrected chi connectivity index (χ3v) is 9.01. The van der Waals surface area contributed by atoms with Gasteiger partial charge in [0, 0.05) is 17.8 Å². The zero-order valence-corrected chi connectivity index (χ0v) is 15.6. The van der Waals surface area contributed by atoms with Gasteiger partial charge in [-0.1, -0.05) is 31.9 Å². The molecule has 4 rings (SSSR count). The highest BCUT2D eigenvalue weighted by molar-refractivity contribution is 5.24. The van der Waals surface area contributed by atoms with Crippen molar-refractivity contribution >= 4 is 0 Å². The Morgan fingerprint density at radius 2 is 1.96 bits per heavy atom. The van der Waals surface area contributed by atoms with E-state index in [1.165, 1.54) is 51.4 Å². The maximum absolute atomic E-state index is 11.4. The van der Waals surface area contributed by atoms with E-state index in [1.807, 2.05) is 6.92 Å². The van der Waals surface area contributed by atoms with Crippen LogP contribution in [0.4, 0.5) is 0 Å². The lowest BCUT2D eigenvalue weighted by Gasteiger charge is -2.57. The lowest BCUT2D eigenvalue weighted by molar-refractivity contribution is -0.531. The standard InChI is InChI=1S/C21H33NO2/c1-14(22(23)24)17-9-10-18-16-8-7-15-6-4-5-12-20(15,2)19(16)11-13-21(17,18)3/h7,14,16-19H,4-6,8-13H2,1-3H3/t14?,16-,17+,18-,19-,20-,21+/m0/s1. The van der Waals surface area contributed by atoms with Crippen LogP contribution >= 0.6 is 0 Å². The predicted molar refractivity (Wildman–Crippen MR) is 96.3 cm³/mol. The van der Waals surface area contributed by atoms with Crippen molar-refractivity contribution in [2.45, 2.75) is 84.6 Å². The molecule has 0 spiro atoms. The molecule has 0 aliphatic heterocycles. The third kappa shape index (κ3) is 2.15. The number of nitrogens with zero attached hydrogens (tertiary/aromatic N) is 1. The molecular weight excluding hydrogens is 298 g/mol. The first kappa shape index (κ1) is 16.6. The van der Waals surface area contributed by atoms with Crippen molar-refractivity contribution in [3.8, 4) is 0 Å². The average molecular weight is 332 g/mol. The number of hydrogen-bond acceptors (Lipinski definition) is 2. The molecule has 0 bridgehead atoms. The van der Waals surface area contributed by atoms with Crippen LogP contribution in [0.3, 0.4) is 0 Å². The van der Waals surface area contributed by atoms with E-state index in [0.29, 0.717) is 11.3 Å². The van der Waals surface area contributed by atoms with Crippen LogP contribution in [-0.2, 0) is 0 Å². The third-order valence-electron chi connectivity index (χ3n) is 9.01. The molecule has 134 valence electrons. The van der Waals surface area contributed by atoms with E-state index in [9.17, 15) is 10.1 Å². The maximum Gasteiger partial charge on any atom is 0.213 e. The van der Waals surface area contributed by atoms with Gasteiger partial charge in [0.15, 0.2) is 0 Å². The highest BCUT2D eigenvalue weighted by Gasteiger charge is 2.60. The van der Waals surface area contributed by atoms with Crippen LogP contribution in [0.5, 0.6) is 0 Å². The molecule has 3 fully saturated rings. The molecule has 4 aliphatic rings. The highest BCUT2D eigenvalue weighted by Crippen LogP contribution is 2.66. The molecule has 0 N–H and O–H groups in total. The fourth-order valence-corrected chi connectivity index (χ4v) is 7.68. The van der Waals surface area contributed by atoms with Gasteiger partial charge in [0.05, 0.1) is 0 Å². The Kier molecular flexibility index (Phi) is 3.85. The molecule has 3 saturated carbocycles. The van der Waals surface area contributed by atoms with Gasteiger partial charge in [0.1, 0.15) is 0 Å². The topological polar surface area (TPSA) is 43.1 Å². The molecule has 1 unspecified atom stereocenters. The smallest absolute Gasteiger partial charge is 0.213 e. The largest absolute Gasteiger partial charge is 0.264 e. The molecule has 0 heterocycles. The van der Waals surface area contributed by atoms with Gasteiger partial charge in [-0.2, -0.15) is 0 Å². The number of rotatable bonds is 2. The molecule has 0 aromatic heterocycles. The Labute approximate surface area is 146 Å². The molecule has 0 amide bonds. The van der Waals surface area contributed by atoms with Gasteiger partial charge in [-0.05, 0) is 80.0 Å². The second-order valence-corrected chi connectivity index (χ2v) is 9.72. The number of fused-ring (bicyclic) bond motifs is 5. The normalized spacial score (nSPS) is 48.7. The van der Waals surface area contributed by atoms with Crippen LogP contribution in [0.25, 0.3) is 0 Å². The van der Waals surface area contributed by atoms with E-state index in [1.54, 1.807) is 5.57 Å². The van der Waals surface area contributed by atoms with E-state index in [0.717, 1.165) is 18.3 Å². The first-order chi connectivity index (χ1) is 11.4. The van der Waals surface area contributed by atoms with Crippen LogP contribution < -0.4 is 0 Å². The minimum absolute atomic E-state index is 0.0221. The molecule has 3 nitrogen and oxygen atoms in total. The van der Waals surface area contributed by atoms with Crippen molar-refractivity contribution < 1.29 is 4.92 Å². The molecule has 0 aromatic rings. The van der Waals surface area contributed by atoms with E-state index in [4.69, 9.17) is 0 Å². The van der Waals surface area contributed by atoms with Gasteiger partial charge >= 0.3 is 0 Å². The van der Waals surface area contributed by atoms with Crippen molar-refractivity contribution in [3.05, 3.63) is 21.8 Å². The van der Waals surface area contributed by atoms with Crippen molar-refractivity contribution in [2.75, 3.05) is 0 Å². The lowest BCUT2D eigenvalue weighted by Crippen LogP contribution is -2.50. The Bertz CT molecular complexity index is 570. The molecular formula is C21H33NO2. The summed E-state index contributed by atoms with van der Waals surface area (Å²) in [5.74, 6) is 2.60. The molecule has 0 radical (unpaired) electrons. The van der Waals surface area contributed by atoms with E-state index in [-0.39, 0.29) is 22.3 Å². The Morgan fingerprint density at radius 3 is 2.71 bits per heavy atom. The summed E-state index contributed by atoms with van der Waals surface area (Å²) >= 11 is 0. The van der Waals surface area contributed by atoms with Crippen LogP contribution in [0, 0.1) is 44.6 Å². The Morgan fingerprint density at radius 1 is 1.17 bits per heavy atom. The summed E-state index contributed by atoms with van der Waals surface area (Å²) in [7, 11) is 0. The monoisotopic (exact) mass is 331 g/mol. The summed E-state index contributed by atoms with van der Waals surface area (Å²) in [5, 5.41) is 11.4. The summed E-state index contributed by atoms with van der Waals surface area (Å²) in [4.78, 5) is 11.4. The van der Waals surface area contributed by atoms with Crippen LogP contribution in [0.1, 0.15) is 78.6 Å². The summed E-state index contributed by atoms with van der Waals surface area (Å²) in [6.07, 6.45) is 14.1. The van der Waals surface area contributed by atoms with Crippen molar-refractivity contribution in [2.24, 2.45) is 34.5 Å². The van der Waals surface area contributed by atoms with Crippen LogP contribution in [0.2, 0.25) is 0 Å². The number of allylic oxidation sites excluding steroid dienone is 2. The SMILES string of the molecule is CC([C@H]1CC[C@H]2[C@@H]3CC=C4CCCC[C@]4(C)[C@H]3CC[C@]12C)[N+](=O)[O-].